The molecule has 4 N–H and O–H groups in total. The minimum Gasteiger partial charge on any atom is -0.480 e. The van der Waals surface area contributed by atoms with Crippen LogP contribution in [0.15, 0.2) is 18.2 Å². The highest BCUT2D eigenvalue weighted by Crippen LogP contribution is 2.19. The summed E-state index contributed by atoms with van der Waals surface area (Å²) in [5.74, 6) is -3.72. The molecule has 0 aromatic heterocycles. The van der Waals surface area contributed by atoms with Gasteiger partial charge in [0.15, 0.2) is 0 Å². The third-order valence-electron chi connectivity index (χ3n) is 2.44. The van der Waals surface area contributed by atoms with Gasteiger partial charge in [-0.15, -0.1) is 0 Å². The molecule has 0 saturated carbocycles. The number of halogens is 2. The molecule has 1 aromatic carbocycles. The SMILES string of the molecule is NC(=O)C[C@H](NC(=O)Cc1c(F)cccc1Cl)C(=O)O. The minimum absolute atomic E-state index is 0.0464. The highest BCUT2D eigenvalue weighted by Gasteiger charge is 2.23. The van der Waals surface area contributed by atoms with Crippen molar-refractivity contribution in [2.24, 2.45) is 5.73 Å². The van der Waals surface area contributed by atoms with E-state index in [4.69, 9.17) is 22.4 Å². The Hall–Kier alpha value is -2.15. The number of carboxylic acid groups (broad SMARTS) is 1. The van der Waals surface area contributed by atoms with Crippen LogP contribution in [0, 0.1) is 5.82 Å². The van der Waals surface area contributed by atoms with Gasteiger partial charge in [0, 0.05) is 10.6 Å². The number of aliphatic carboxylic acids is 1. The number of carbonyl (C=O) groups is 3. The lowest BCUT2D eigenvalue weighted by Crippen LogP contribution is -2.44. The van der Waals surface area contributed by atoms with E-state index in [9.17, 15) is 18.8 Å². The molecule has 1 aromatic rings. The van der Waals surface area contributed by atoms with Gasteiger partial charge in [0.1, 0.15) is 11.9 Å². The molecule has 0 fully saturated rings. The summed E-state index contributed by atoms with van der Waals surface area (Å²) in [7, 11) is 0. The van der Waals surface area contributed by atoms with Gasteiger partial charge >= 0.3 is 5.97 Å². The van der Waals surface area contributed by atoms with Crippen LogP contribution in [-0.2, 0) is 20.8 Å². The lowest BCUT2D eigenvalue weighted by molar-refractivity contribution is -0.143. The monoisotopic (exact) mass is 302 g/mol. The molecule has 108 valence electrons. The van der Waals surface area contributed by atoms with Gasteiger partial charge in [0.2, 0.25) is 11.8 Å². The molecule has 8 heteroatoms. The first-order chi connectivity index (χ1) is 9.31. The average Bonchev–Trinajstić information content (AvgIpc) is 2.32. The Morgan fingerprint density at radius 2 is 2.05 bits per heavy atom. The topological polar surface area (TPSA) is 109 Å². The summed E-state index contributed by atoms with van der Waals surface area (Å²) < 4.78 is 13.5. The van der Waals surface area contributed by atoms with Crippen molar-refractivity contribution in [2.45, 2.75) is 18.9 Å². The molecule has 0 spiro atoms. The molecule has 0 bridgehead atoms. The lowest BCUT2D eigenvalue weighted by atomic mass is 10.1. The molecule has 0 saturated heterocycles. The first kappa shape index (κ1) is 15.9. The Morgan fingerprint density at radius 1 is 1.40 bits per heavy atom. The summed E-state index contributed by atoms with van der Waals surface area (Å²) >= 11 is 5.75. The zero-order valence-corrected chi connectivity index (χ0v) is 11.0. The second-order valence-electron chi connectivity index (χ2n) is 4.01. The number of primary amides is 1. The van der Waals surface area contributed by atoms with Crippen molar-refractivity contribution in [3.63, 3.8) is 0 Å². The molecule has 1 rings (SSSR count). The molecular formula is C12H12ClFN2O4. The number of rotatable bonds is 6. The van der Waals surface area contributed by atoms with Crippen molar-refractivity contribution in [1.29, 1.82) is 0 Å². The smallest absolute Gasteiger partial charge is 0.326 e. The molecular weight excluding hydrogens is 291 g/mol. The van der Waals surface area contributed by atoms with E-state index >= 15 is 0 Å². The van der Waals surface area contributed by atoms with Gasteiger partial charge in [0.05, 0.1) is 12.8 Å². The maximum atomic E-state index is 13.5. The Kier molecular flexibility index (Phi) is 5.45. The number of hydrogen-bond acceptors (Lipinski definition) is 3. The zero-order valence-electron chi connectivity index (χ0n) is 10.2. The molecule has 0 radical (unpaired) electrons. The van der Waals surface area contributed by atoms with Crippen LogP contribution in [0.4, 0.5) is 4.39 Å². The van der Waals surface area contributed by atoms with Crippen LogP contribution in [0.25, 0.3) is 0 Å². The summed E-state index contributed by atoms with van der Waals surface area (Å²) in [6.07, 6.45) is -0.986. The fourth-order valence-electron chi connectivity index (χ4n) is 1.51. The minimum atomic E-state index is -1.45. The van der Waals surface area contributed by atoms with E-state index in [0.717, 1.165) is 6.07 Å². The van der Waals surface area contributed by atoms with Crippen molar-refractivity contribution >= 4 is 29.4 Å². The van der Waals surface area contributed by atoms with Crippen molar-refractivity contribution in [2.75, 3.05) is 0 Å². The highest BCUT2D eigenvalue weighted by atomic mass is 35.5. The van der Waals surface area contributed by atoms with Gasteiger partial charge < -0.3 is 16.2 Å². The van der Waals surface area contributed by atoms with Gasteiger partial charge in [-0.05, 0) is 12.1 Å². The molecule has 0 aliphatic carbocycles. The summed E-state index contributed by atoms with van der Waals surface area (Å²) in [5, 5.41) is 11.0. The number of amides is 2. The number of carboxylic acids is 1. The number of carbonyl (C=O) groups excluding carboxylic acids is 2. The Morgan fingerprint density at radius 3 is 2.55 bits per heavy atom. The Balaban J connectivity index is 2.76. The van der Waals surface area contributed by atoms with Crippen LogP contribution in [0.5, 0.6) is 0 Å². The van der Waals surface area contributed by atoms with Crippen LogP contribution >= 0.6 is 11.6 Å². The highest BCUT2D eigenvalue weighted by molar-refractivity contribution is 6.31. The summed E-state index contributed by atoms with van der Waals surface area (Å²) in [6.45, 7) is 0. The fraction of sp³-hybridized carbons (Fsp3) is 0.250. The third-order valence-corrected chi connectivity index (χ3v) is 2.79. The van der Waals surface area contributed by atoms with Crippen LogP contribution in [0.2, 0.25) is 5.02 Å². The van der Waals surface area contributed by atoms with Gasteiger partial charge in [-0.1, -0.05) is 17.7 Å². The Bertz CT molecular complexity index is 530. The van der Waals surface area contributed by atoms with Crippen LogP contribution in [0.1, 0.15) is 12.0 Å². The van der Waals surface area contributed by atoms with E-state index in [0.29, 0.717) is 0 Å². The zero-order chi connectivity index (χ0) is 15.3. The fourth-order valence-corrected chi connectivity index (χ4v) is 1.74. The second-order valence-corrected chi connectivity index (χ2v) is 4.41. The molecule has 20 heavy (non-hydrogen) atoms. The van der Waals surface area contributed by atoms with Crippen LogP contribution < -0.4 is 11.1 Å². The van der Waals surface area contributed by atoms with Gasteiger partial charge in [-0.2, -0.15) is 0 Å². The van der Waals surface area contributed by atoms with E-state index in [-0.39, 0.29) is 10.6 Å². The van der Waals surface area contributed by atoms with Gasteiger partial charge in [0.25, 0.3) is 0 Å². The molecule has 6 nitrogen and oxygen atoms in total. The maximum absolute atomic E-state index is 13.5. The first-order valence-electron chi connectivity index (χ1n) is 5.54. The number of nitrogens with one attached hydrogen (secondary N) is 1. The van der Waals surface area contributed by atoms with Crippen LogP contribution in [0.3, 0.4) is 0 Å². The number of benzene rings is 1. The maximum Gasteiger partial charge on any atom is 0.326 e. The van der Waals surface area contributed by atoms with Crippen molar-refractivity contribution in [3.8, 4) is 0 Å². The summed E-state index contributed by atoms with van der Waals surface area (Å²) in [4.78, 5) is 33.2. The first-order valence-corrected chi connectivity index (χ1v) is 5.92. The largest absolute Gasteiger partial charge is 0.480 e. The molecule has 0 heterocycles. The molecule has 0 aliphatic rings. The summed E-state index contributed by atoms with van der Waals surface area (Å²) in [6, 6.07) is 2.47. The van der Waals surface area contributed by atoms with Crippen molar-refractivity contribution in [1.82, 2.24) is 5.32 Å². The van der Waals surface area contributed by atoms with Gasteiger partial charge in [-0.3, -0.25) is 9.59 Å². The number of nitrogens with two attached hydrogens (primary N) is 1. The molecule has 1 atom stereocenters. The van der Waals surface area contributed by atoms with E-state index < -0.39 is 42.5 Å². The lowest BCUT2D eigenvalue weighted by Gasteiger charge is -2.13. The van der Waals surface area contributed by atoms with Gasteiger partial charge in [-0.25, -0.2) is 9.18 Å². The predicted octanol–water partition coefficient (Wildman–Crippen LogP) is 0.466. The molecule has 2 amide bonds. The van der Waals surface area contributed by atoms with Crippen LogP contribution in [-0.4, -0.2) is 28.9 Å². The third kappa shape index (κ3) is 4.51. The quantitative estimate of drug-likeness (QED) is 0.709. The van der Waals surface area contributed by atoms with E-state index in [1.165, 1.54) is 12.1 Å². The second kappa shape index (κ2) is 6.85. The summed E-state index contributed by atoms with van der Waals surface area (Å²) in [5.41, 5.74) is 4.83. The normalized spacial score (nSPS) is 11.7. The predicted molar refractivity (Wildman–Crippen MR) is 68.5 cm³/mol. The molecule has 0 unspecified atom stereocenters. The van der Waals surface area contributed by atoms with Crippen molar-refractivity contribution in [3.05, 3.63) is 34.6 Å². The van der Waals surface area contributed by atoms with Crippen molar-refractivity contribution < 1.29 is 23.9 Å². The Labute approximate surface area is 118 Å². The number of hydrogen-bond donors (Lipinski definition) is 3. The van der Waals surface area contributed by atoms with E-state index in [1.807, 2.05) is 0 Å². The molecule has 0 aliphatic heterocycles. The standard InChI is InChI=1S/C12H12ClFN2O4/c13-7-2-1-3-8(14)6(7)4-11(18)16-9(12(19)20)5-10(15)17/h1-3,9H,4-5H2,(H2,15,17)(H,16,18)(H,19,20)/t9-/m0/s1. The average molecular weight is 303 g/mol. The van der Waals surface area contributed by atoms with E-state index in [1.54, 1.807) is 0 Å². The van der Waals surface area contributed by atoms with E-state index in [2.05, 4.69) is 5.32 Å².